The molecule has 0 aromatic rings. The first-order valence-corrected chi connectivity index (χ1v) is 14.8. The molecule has 2 saturated carbocycles. The Morgan fingerprint density at radius 2 is 1.76 bits per heavy atom. The molecule has 1 aliphatic heterocycles. The number of nitrogens with one attached hydrogen (secondary N) is 2. The normalized spacial score (nSPS) is 22.6. The molecular formula is C30H50N6O2. The Morgan fingerprint density at radius 1 is 1.08 bits per heavy atom. The molecule has 0 bridgehead atoms. The first kappa shape index (κ1) is 29.9. The van der Waals surface area contributed by atoms with E-state index in [0.29, 0.717) is 18.4 Å². The molecule has 0 aromatic heterocycles. The van der Waals surface area contributed by atoms with Crippen molar-refractivity contribution in [3.63, 3.8) is 0 Å². The smallest absolute Gasteiger partial charge is 0.289 e. The van der Waals surface area contributed by atoms with E-state index in [1.165, 1.54) is 32.1 Å². The van der Waals surface area contributed by atoms with E-state index in [0.717, 1.165) is 50.8 Å². The van der Waals surface area contributed by atoms with E-state index in [1.807, 2.05) is 49.0 Å². The summed E-state index contributed by atoms with van der Waals surface area (Å²) in [7, 11) is 2.04. The summed E-state index contributed by atoms with van der Waals surface area (Å²) in [5.74, 6) is 0.936. The largest absolute Gasteiger partial charge is 0.352 e. The van der Waals surface area contributed by atoms with Gasteiger partial charge in [-0.05, 0) is 65.4 Å². The van der Waals surface area contributed by atoms with Crippen molar-refractivity contribution in [2.75, 3.05) is 20.1 Å². The number of hydrogen-bond donors (Lipinski definition) is 2. The van der Waals surface area contributed by atoms with Gasteiger partial charge in [-0.2, -0.15) is 0 Å². The molecular weight excluding hydrogens is 476 g/mol. The Bertz CT molecular complexity index is 887. The Kier molecular flexibility index (Phi) is 11.9. The summed E-state index contributed by atoms with van der Waals surface area (Å²) in [6.07, 6.45) is 19.5. The van der Waals surface area contributed by atoms with Gasteiger partial charge in [0.25, 0.3) is 5.91 Å². The van der Waals surface area contributed by atoms with Crippen LogP contribution in [0, 0.1) is 5.92 Å². The zero-order valence-corrected chi connectivity index (χ0v) is 24.1. The standard InChI is InChI=1S/C30H50N6O2/c1-6-26(18-14-21-31-29(37)25-19-20-25)36(7-2)33-24(4)32-28(34(5)27-16-11-8-12-17-27)30(38)35-22-13-9-10-15-23(35)3/h6-7,14,18,23-25,27,33H,2,8-13,15-17,19-22H2,1,3-5H3,(H,31,37)/b18-14-,26-6+,32-28-. The lowest BCUT2D eigenvalue weighted by molar-refractivity contribution is -0.127. The predicted octanol–water partition coefficient (Wildman–Crippen LogP) is 4.72. The van der Waals surface area contributed by atoms with Crippen molar-refractivity contribution in [1.29, 1.82) is 0 Å². The van der Waals surface area contributed by atoms with Crippen LogP contribution in [0.4, 0.5) is 0 Å². The fourth-order valence-electron chi connectivity index (χ4n) is 5.43. The third-order valence-electron chi connectivity index (χ3n) is 7.99. The second kappa shape index (κ2) is 15.1. The molecule has 8 heteroatoms. The number of likely N-dealkylation sites (N-methyl/N-ethyl adjacent to an activating group) is 1. The van der Waals surface area contributed by atoms with Crippen LogP contribution in [0.15, 0.2) is 41.7 Å². The molecule has 3 rings (SSSR count). The Hall–Kier alpha value is -2.61. The van der Waals surface area contributed by atoms with Crippen LogP contribution in [-0.2, 0) is 9.59 Å². The van der Waals surface area contributed by atoms with Gasteiger partial charge < -0.3 is 15.1 Å². The van der Waals surface area contributed by atoms with Gasteiger partial charge in [0.05, 0.1) is 5.70 Å². The third kappa shape index (κ3) is 8.72. The number of aliphatic imine (C=N–C) groups is 1. The van der Waals surface area contributed by atoms with Crippen LogP contribution in [0.5, 0.6) is 0 Å². The van der Waals surface area contributed by atoms with E-state index >= 15 is 0 Å². The minimum atomic E-state index is -0.349. The van der Waals surface area contributed by atoms with Crippen LogP contribution in [-0.4, -0.2) is 70.8 Å². The first-order valence-electron chi connectivity index (χ1n) is 14.8. The second-order valence-corrected chi connectivity index (χ2v) is 11.0. The number of amides is 2. The lowest BCUT2D eigenvalue weighted by atomic mass is 9.94. The summed E-state index contributed by atoms with van der Waals surface area (Å²) in [4.78, 5) is 35.0. The number of hydrogen-bond acceptors (Lipinski definition) is 5. The summed E-state index contributed by atoms with van der Waals surface area (Å²) in [6, 6.07) is 0.569. The topological polar surface area (TPSA) is 80.3 Å². The van der Waals surface area contributed by atoms with Crippen molar-refractivity contribution in [3.8, 4) is 0 Å². The van der Waals surface area contributed by atoms with Crippen LogP contribution in [0.2, 0.25) is 0 Å². The SMILES string of the molecule is C=CN(NC(C)/N=C(/C(=O)N1CCCCCC1C)N(C)C1CCCCC1)C(/C=C\CNC(=O)C1CC1)=C/C. The van der Waals surface area contributed by atoms with Crippen molar-refractivity contribution < 1.29 is 9.59 Å². The molecule has 2 atom stereocenters. The predicted molar refractivity (Wildman–Crippen MR) is 155 cm³/mol. The van der Waals surface area contributed by atoms with Crippen LogP contribution in [0.25, 0.3) is 0 Å². The number of rotatable bonds is 10. The molecule has 0 spiro atoms. The fourth-order valence-corrected chi connectivity index (χ4v) is 5.43. The number of nitrogens with zero attached hydrogens (tertiary/aromatic N) is 4. The summed E-state index contributed by atoms with van der Waals surface area (Å²) in [5.41, 5.74) is 4.28. The molecule has 3 fully saturated rings. The van der Waals surface area contributed by atoms with Gasteiger partial charge in [0, 0.05) is 44.3 Å². The molecule has 2 aliphatic carbocycles. The molecule has 38 heavy (non-hydrogen) atoms. The molecule has 3 aliphatic rings. The number of likely N-dealkylation sites (tertiary alicyclic amines) is 1. The highest BCUT2D eigenvalue weighted by molar-refractivity contribution is 6.37. The second-order valence-electron chi connectivity index (χ2n) is 11.0. The van der Waals surface area contributed by atoms with Gasteiger partial charge in [0.1, 0.15) is 6.17 Å². The van der Waals surface area contributed by atoms with Crippen LogP contribution < -0.4 is 10.7 Å². The minimum Gasteiger partial charge on any atom is -0.352 e. The van der Waals surface area contributed by atoms with Crippen LogP contribution >= 0.6 is 0 Å². The quantitative estimate of drug-likeness (QED) is 0.186. The van der Waals surface area contributed by atoms with E-state index in [4.69, 9.17) is 4.99 Å². The van der Waals surface area contributed by atoms with Crippen molar-refractivity contribution in [2.45, 2.75) is 110 Å². The van der Waals surface area contributed by atoms with Gasteiger partial charge in [0.15, 0.2) is 5.84 Å². The maximum atomic E-state index is 13.9. The van der Waals surface area contributed by atoms with Crippen LogP contribution in [0.3, 0.4) is 0 Å². The summed E-state index contributed by atoms with van der Waals surface area (Å²) < 4.78 is 0. The maximum Gasteiger partial charge on any atom is 0.289 e. The van der Waals surface area contributed by atoms with Crippen molar-refractivity contribution in [3.05, 3.63) is 36.7 Å². The van der Waals surface area contributed by atoms with Gasteiger partial charge >= 0.3 is 0 Å². The van der Waals surface area contributed by atoms with Crippen molar-refractivity contribution in [2.24, 2.45) is 10.9 Å². The third-order valence-corrected chi connectivity index (χ3v) is 7.99. The zero-order chi connectivity index (χ0) is 27.5. The number of amidine groups is 1. The highest BCUT2D eigenvalue weighted by Gasteiger charge is 2.32. The molecule has 2 N–H and O–H groups in total. The number of allylic oxidation sites excluding steroid dienone is 2. The molecule has 0 aromatic carbocycles. The highest BCUT2D eigenvalue weighted by atomic mass is 16.2. The van der Waals surface area contributed by atoms with E-state index in [-0.39, 0.29) is 29.9 Å². The van der Waals surface area contributed by atoms with Crippen molar-refractivity contribution >= 4 is 17.6 Å². The molecule has 1 heterocycles. The maximum absolute atomic E-state index is 13.9. The highest BCUT2D eigenvalue weighted by Crippen LogP contribution is 2.28. The fraction of sp³-hybridized carbons (Fsp3) is 0.700. The summed E-state index contributed by atoms with van der Waals surface area (Å²) >= 11 is 0. The van der Waals surface area contributed by atoms with E-state index in [9.17, 15) is 9.59 Å². The van der Waals surface area contributed by atoms with Gasteiger partial charge in [-0.25, -0.2) is 10.4 Å². The van der Waals surface area contributed by atoms with E-state index in [1.54, 1.807) is 6.20 Å². The number of carbonyl (C=O) groups excluding carboxylic acids is 2. The molecule has 8 nitrogen and oxygen atoms in total. The molecule has 212 valence electrons. The van der Waals surface area contributed by atoms with Gasteiger partial charge in [-0.15, -0.1) is 0 Å². The average molecular weight is 527 g/mol. The molecule has 0 radical (unpaired) electrons. The lowest BCUT2D eigenvalue weighted by Crippen LogP contribution is -2.51. The Balaban J connectivity index is 1.72. The number of carbonyl (C=O) groups is 2. The number of hydrazine groups is 1. The zero-order valence-electron chi connectivity index (χ0n) is 24.1. The Labute approximate surface area is 230 Å². The van der Waals surface area contributed by atoms with Gasteiger partial charge in [-0.1, -0.05) is 50.8 Å². The average Bonchev–Trinajstić information content (AvgIpc) is 3.79. The van der Waals surface area contributed by atoms with Crippen LogP contribution in [0.1, 0.15) is 91.4 Å². The molecule has 1 saturated heterocycles. The summed E-state index contributed by atoms with van der Waals surface area (Å²) in [6.45, 7) is 11.4. The molecule has 2 amide bonds. The van der Waals surface area contributed by atoms with Gasteiger partial charge in [0.2, 0.25) is 5.91 Å². The summed E-state index contributed by atoms with van der Waals surface area (Å²) in [5, 5.41) is 4.78. The van der Waals surface area contributed by atoms with E-state index < -0.39 is 0 Å². The van der Waals surface area contributed by atoms with Crippen molar-refractivity contribution in [1.82, 2.24) is 25.6 Å². The monoisotopic (exact) mass is 526 g/mol. The minimum absolute atomic E-state index is 0.0452. The first-order chi connectivity index (χ1) is 18.3. The lowest BCUT2D eigenvalue weighted by Gasteiger charge is -2.36. The Morgan fingerprint density at radius 3 is 2.42 bits per heavy atom. The molecule has 2 unspecified atom stereocenters. The van der Waals surface area contributed by atoms with Gasteiger partial charge in [-0.3, -0.25) is 14.6 Å². The van der Waals surface area contributed by atoms with E-state index in [2.05, 4.69) is 29.1 Å².